The molecule has 21 heavy (non-hydrogen) atoms. The number of ketones is 1. The highest BCUT2D eigenvalue weighted by Crippen LogP contribution is 2.38. The van der Waals surface area contributed by atoms with E-state index in [9.17, 15) is 4.79 Å². The molecule has 1 heterocycles. The number of nitrogens with zero attached hydrogens (tertiary/aromatic N) is 1. The molecule has 1 aliphatic heterocycles. The van der Waals surface area contributed by atoms with Gasteiger partial charge in [0.25, 0.3) is 0 Å². The van der Waals surface area contributed by atoms with E-state index in [2.05, 4.69) is 0 Å². The molecule has 0 N–H and O–H groups in total. The summed E-state index contributed by atoms with van der Waals surface area (Å²) in [5, 5.41) is 0. The summed E-state index contributed by atoms with van der Waals surface area (Å²) in [6.45, 7) is 0. The standard InChI is InChI=1S/C18H23NO2/c1-19(2)12-15-17(20)14-10-6-7-11-16(14)21-18(15)13-8-4-3-5-9-13/h6-7,10-13,18H,3-5,8-9H2,1-2H3/b15-12-. The normalized spacial score (nSPS) is 24.6. The minimum Gasteiger partial charge on any atom is -0.484 e. The molecule has 1 aromatic rings. The smallest absolute Gasteiger partial charge is 0.197 e. The first-order chi connectivity index (χ1) is 10.2. The molecule has 0 saturated heterocycles. The molecular weight excluding hydrogens is 262 g/mol. The molecule has 0 aromatic heterocycles. The molecule has 0 spiro atoms. The van der Waals surface area contributed by atoms with Crippen LogP contribution in [0, 0.1) is 5.92 Å². The second-order valence-corrected chi connectivity index (χ2v) is 6.31. The molecule has 3 nitrogen and oxygen atoms in total. The largest absolute Gasteiger partial charge is 0.484 e. The zero-order valence-corrected chi connectivity index (χ0v) is 12.8. The van der Waals surface area contributed by atoms with Crippen molar-refractivity contribution >= 4 is 5.78 Å². The summed E-state index contributed by atoms with van der Waals surface area (Å²) in [6, 6.07) is 7.60. The molecule has 3 heteroatoms. The number of fused-ring (bicyclic) bond motifs is 1. The monoisotopic (exact) mass is 285 g/mol. The number of Topliss-reactive ketones (excluding diaryl/α,β-unsaturated/α-hetero) is 1. The van der Waals surface area contributed by atoms with Crippen LogP contribution in [0.1, 0.15) is 42.5 Å². The first-order valence-corrected chi connectivity index (χ1v) is 7.85. The molecule has 1 unspecified atom stereocenters. The summed E-state index contributed by atoms with van der Waals surface area (Å²) in [4.78, 5) is 14.8. The van der Waals surface area contributed by atoms with Gasteiger partial charge in [-0.25, -0.2) is 0 Å². The molecule has 2 aliphatic rings. The lowest BCUT2D eigenvalue weighted by atomic mass is 9.79. The van der Waals surface area contributed by atoms with Gasteiger partial charge < -0.3 is 9.64 Å². The minimum atomic E-state index is -0.0879. The molecular formula is C18H23NO2. The van der Waals surface area contributed by atoms with Crippen LogP contribution in [0.4, 0.5) is 0 Å². The van der Waals surface area contributed by atoms with E-state index in [-0.39, 0.29) is 11.9 Å². The molecule has 0 bridgehead atoms. The van der Waals surface area contributed by atoms with Crippen LogP contribution in [0.2, 0.25) is 0 Å². The van der Waals surface area contributed by atoms with Gasteiger partial charge in [0, 0.05) is 26.2 Å². The summed E-state index contributed by atoms with van der Waals surface area (Å²) in [5.41, 5.74) is 1.50. The van der Waals surface area contributed by atoms with Crippen LogP contribution in [0.3, 0.4) is 0 Å². The Labute approximate surface area is 126 Å². The van der Waals surface area contributed by atoms with E-state index in [1.807, 2.05) is 49.5 Å². The highest BCUT2D eigenvalue weighted by molar-refractivity contribution is 6.12. The maximum atomic E-state index is 12.8. The van der Waals surface area contributed by atoms with Crippen LogP contribution < -0.4 is 4.74 Å². The summed E-state index contributed by atoms with van der Waals surface area (Å²) in [5.74, 6) is 1.33. The fourth-order valence-electron chi connectivity index (χ4n) is 3.44. The van der Waals surface area contributed by atoms with Crippen molar-refractivity contribution in [3.63, 3.8) is 0 Å². The number of hydrogen-bond acceptors (Lipinski definition) is 3. The first kappa shape index (κ1) is 14.2. The summed E-state index contributed by atoms with van der Waals surface area (Å²) < 4.78 is 6.24. The van der Waals surface area contributed by atoms with Crippen molar-refractivity contribution in [1.82, 2.24) is 4.90 Å². The number of para-hydroxylation sites is 1. The van der Waals surface area contributed by atoms with Crippen LogP contribution >= 0.6 is 0 Å². The highest BCUT2D eigenvalue weighted by atomic mass is 16.5. The second kappa shape index (κ2) is 5.92. The van der Waals surface area contributed by atoms with Gasteiger partial charge in [-0.2, -0.15) is 0 Å². The Bertz CT molecular complexity index is 556. The van der Waals surface area contributed by atoms with E-state index in [1.54, 1.807) is 0 Å². The fourth-order valence-corrected chi connectivity index (χ4v) is 3.44. The van der Waals surface area contributed by atoms with Gasteiger partial charge in [0.15, 0.2) is 5.78 Å². The molecule has 1 fully saturated rings. The van der Waals surface area contributed by atoms with Crippen molar-refractivity contribution in [3.05, 3.63) is 41.6 Å². The van der Waals surface area contributed by atoms with E-state index in [0.29, 0.717) is 11.5 Å². The Balaban J connectivity index is 1.98. The van der Waals surface area contributed by atoms with Crippen molar-refractivity contribution in [2.45, 2.75) is 38.2 Å². The molecule has 0 radical (unpaired) electrons. The zero-order chi connectivity index (χ0) is 14.8. The first-order valence-electron chi connectivity index (χ1n) is 7.85. The van der Waals surface area contributed by atoms with E-state index >= 15 is 0 Å². The van der Waals surface area contributed by atoms with Crippen LogP contribution in [0.5, 0.6) is 5.75 Å². The van der Waals surface area contributed by atoms with Crippen molar-refractivity contribution < 1.29 is 9.53 Å². The molecule has 3 rings (SSSR count). The van der Waals surface area contributed by atoms with E-state index in [4.69, 9.17) is 4.74 Å². The lowest BCUT2D eigenvalue weighted by Gasteiger charge is -2.35. The number of carbonyl (C=O) groups is 1. The van der Waals surface area contributed by atoms with Crippen LogP contribution in [0.25, 0.3) is 0 Å². The lowest BCUT2D eigenvalue weighted by Crippen LogP contribution is -2.38. The van der Waals surface area contributed by atoms with Crippen LogP contribution in [0.15, 0.2) is 36.0 Å². The second-order valence-electron chi connectivity index (χ2n) is 6.31. The predicted octanol–water partition coefficient (Wildman–Crippen LogP) is 3.66. The van der Waals surface area contributed by atoms with Crippen LogP contribution in [-0.2, 0) is 0 Å². The third-order valence-electron chi connectivity index (χ3n) is 4.43. The topological polar surface area (TPSA) is 29.5 Å². The Morgan fingerprint density at radius 2 is 1.86 bits per heavy atom. The zero-order valence-electron chi connectivity index (χ0n) is 12.8. The van der Waals surface area contributed by atoms with Gasteiger partial charge in [-0.1, -0.05) is 31.4 Å². The summed E-state index contributed by atoms with van der Waals surface area (Å²) >= 11 is 0. The van der Waals surface area contributed by atoms with Gasteiger partial charge in [-0.15, -0.1) is 0 Å². The Kier molecular flexibility index (Phi) is 4.00. The van der Waals surface area contributed by atoms with Crippen molar-refractivity contribution in [2.75, 3.05) is 14.1 Å². The molecule has 1 aliphatic carbocycles. The van der Waals surface area contributed by atoms with Crippen LogP contribution in [-0.4, -0.2) is 30.9 Å². The lowest BCUT2D eigenvalue weighted by molar-refractivity contribution is 0.0856. The van der Waals surface area contributed by atoms with Gasteiger partial charge >= 0.3 is 0 Å². The van der Waals surface area contributed by atoms with Gasteiger partial charge in [-0.05, 0) is 25.0 Å². The maximum absolute atomic E-state index is 12.8. The molecule has 112 valence electrons. The van der Waals surface area contributed by atoms with Gasteiger partial charge in [0.2, 0.25) is 0 Å². The third kappa shape index (κ3) is 2.82. The molecule has 1 aromatic carbocycles. The van der Waals surface area contributed by atoms with E-state index in [1.165, 1.54) is 19.3 Å². The average Bonchev–Trinajstić information content (AvgIpc) is 2.50. The summed E-state index contributed by atoms with van der Waals surface area (Å²) in [6.07, 6.45) is 7.97. The van der Waals surface area contributed by atoms with Crippen molar-refractivity contribution in [2.24, 2.45) is 5.92 Å². The highest BCUT2D eigenvalue weighted by Gasteiger charge is 2.37. The maximum Gasteiger partial charge on any atom is 0.197 e. The number of ether oxygens (including phenoxy) is 1. The third-order valence-corrected chi connectivity index (χ3v) is 4.43. The summed E-state index contributed by atoms with van der Waals surface area (Å²) in [7, 11) is 3.91. The van der Waals surface area contributed by atoms with Gasteiger partial charge in [-0.3, -0.25) is 4.79 Å². The van der Waals surface area contributed by atoms with Gasteiger partial charge in [0.1, 0.15) is 11.9 Å². The molecule has 1 saturated carbocycles. The molecule has 0 amide bonds. The predicted molar refractivity (Wildman–Crippen MR) is 83.5 cm³/mol. The van der Waals surface area contributed by atoms with E-state index in [0.717, 1.165) is 24.2 Å². The Hall–Kier alpha value is -1.77. The van der Waals surface area contributed by atoms with E-state index < -0.39 is 0 Å². The minimum absolute atomic E-state index is 0.0879. The number of hydrogen-bond donors (Lipinski definition) is 0. The molecule has 1 atom stereocenters. The van der Waals surface area contributed by atoms with Gasteiger partial charge in [0.05, 0.1) is 11.1 Å². The Morgan fingerprint density at radius 3 is 2.57 bits per heavy atom. The SMILES string of the molecule is CN(C)/C=C1/C(=O)c2ccccc2OC1C1CCCCC1. The van der Waals surface area contributed by atoms with Crippen molar-refractivity contribution in [3.8, 4) is 5.75 Å². The number of benzene rings is 1. The van der Waals surface area contributed by atoms with Crippen molar-refractivity contribution in [1.29, 1.82) is 0 Å². The number of carbonyl (C=O) groups excluding carboxylic acids is 1. The fraction of sp³-hybridized carbons (Fsp3) is 0.500. The number of rotatable bonds is 2. The Morgan fingerprint density at radius 1 is 1.14 bits per heavy atom. The quantitative estimate of drug-likeness (QED) is 0.777. The average molecular weight is 285 g/mol.